The molecule has 0 aliphatic heterocycles. The Morgan fingerprint density at radius 2 is 2.10 bits per heavy atom. The standard InChI is InChI=1S/C14H18F2N4/c1-3-4-12-13(17)14(20(2)19-12)18-8-9-7-10(15)5-6-11(9)16/h5-7,18H,3-4,8,17H2,1-2H3. The van der Waals surface area contributed by atoms with E-state index in [4.69, 9.17) is 5.73 Å². The van der Waals surface area contributed by atoms with Crippen LogP contribution in [0.1, 0.15) is 24.6 Å². The van der Waals surface area contributed by atoms with E-state index in [1.165, 1.54) is 6.07 Å². The summed E-state index contributed by atoms with van der Waals surface area (Å²) < 4.78 is 28.3. The monoisotopic (exact) mass is 280 g/mol. The molecular formula is C14H18F2N4. The van der Waals surface area contributed by atoms with Crippen molar-refractivity contribution in [3.05, 3.63) is 41.1 Å². The first-order valence-corrected chi connectivity index (χ1v) is 6.52. The number of nitrogens with zero attached hydrogens (tertiary/aromatic N) is 2. The molecule has 0 amide bonds. The highest BCUT2D eigenvalue weighted by atomic mass is 19.1. The molecule has 1 heterocycles. The first-order chi connectivity index (χ1) is 9.52. The van der Waals surface area contributed by atoms with Gasteiger partial charge in [0.25, 0.3) is 0 Å². The summed E-state index contributed by atoms with van der Waals surface area (Å²) >= 11 is 0. The van der Waals surface area contributed by atoms with Gasteiger partial charge in [0, 0.05) is 19.2 Å². The lowest BCUT2D eigenvalue weighted by atomic mass is 10.2. The van der Waals surface area contributed by atoms with Gasteiger partial charge in [0.2, 0.25) is 0 Å². The zero-order chi connectivity index (χ0) is 14.7. The van der Waals surface area contributed by atoms with Crippen molar-refractivity contribution in [2.75, 3.05) is 11.1 Å². The molecule has 20 heavy (non-hydrogen) atoms. The highest BCUT2D eigenvalue weighted by molar-refractivity contribution is 5.65. The maximum absolute atomic E-state index is 13.5. The van der Waals surface area contributed by atoms with E-state index in [0.717, 1.165) is 30.7 Å². The molecule has 0 spiro atoms. The summed E-state index contributed by atoms with van der Waals surface area (Å²) in [7, 11) is 1.76. The predicted octanol–water partition coefficient (Wildman–Crippen LogP) is 2.85. The number of nitrogen functional groups attached to an aromatic ring is 1. The Morgan fingerprint density at radius 1 is 1.35 bits per heavy atom. The maximum Gasteiger partial charge on any atom is 0.148 e. The Labute approximate surface area is 116 Å². The summed E-state index contributed by atoms with van der Waals surface area (Å²) in [4.78, 5) is 0. The minimum atomic E-state index is -0.465. The second-order valence-electron chi connectivity index (χ2n) is 4.67. The lowest BCUT2D eigenvalue weighted by Crippen LogP contribution is -2.08. The van der Waals surface area contributed by atoms with Gasteiger partial charge >= 0.3 is 0 Å². The molecule has 0 aliphatic carbocycles. The predicted molar refractivity (Wildman–Crippen MR) is 75.3 cm³/mol. The number of nitrogens with one attached hydrogen (secondary N) is 1. The third kappa shape index (κ3) is 2.89. The number of aryl methyl sites for hydroxylation is 2. The Kier molecular flexibility index (Phi) is 4.22. The van der Waals surface area contributed by atoms with Crippen molar-refractivity contribution >= 4 is 11.5 Å². The van der Waals surface area contributed by atoms with E-state index in [1.807, 2.05) is 6.92 Å². The largest absolute Gasteiger partial charge is 0.394 e. The van der Waals surface area contributed by atoms with Gasteiger partial charge in [-0.3, -0.25) is 4.68 Å². The minimum absolute atomic E-state index is 0.152. The normalized spacial score (nSPS) is 10.8. The summed E-state index contributed by atoms with van der Waals surface area (Å²) in [5.41, 5.74) is 7.64. The molecule has 4 nitrogen and oxygen atoms in total. The van der Waals surface area contributed by atoms with Crippen LogP contribution in [0.25, 0.3) is 0 Å². The van der Waals surface area contributed by atoms with E-state index >= 15 is 0 Å². The van der Waals surface area contributed by atoms with Crippen molar-refractivity contribution in [3.63, 3.8) is 0 Å². The van der Waals surface area contributed by atoms with Crippen LogP contribution in [-0.2, 0) is 20.0 Å². The zero-order valence-corrected chi connectivity index (χ0v) is 11.6. The molecule has 1 aromatic carbocycles. The molecule has 0 saturated carbocycles. The molecule has 0 fully saturated rings. The maximum atomic E-state index is 13.5. The van der Waals surface area contributed by atoms with Crippen LogP contribution in [0, 0.1) is 11.6 Å². The highest BCUT2D eigenvalue weighted by Gasteiger charge is 2.13. The van der Waals surface area contributed by atoms with Crippen LogP contribution in [-0.4, -0.2) is 9.78 Å². The van der Waals surface area contributed by atoms with Crippen LogP contribution in [0.4, 0.5) is 20.3 Å². The molecule has 2 rings (SSSR count). The summed E-state index contributed by atoms with van der Waals surface area (Å²) in [5.74, 6) is -0.293. The van der Waals surface area contributed by atoms with Crippen LogP contribution in [0.2, 0.25) is 0 Å². The summed E-state index contributed by atoms with van der Waals surface area (Å²) in [5, 5.41) is 7.33. The lowest BCUT2D eigenvalue weighted by molar-refractivity contribution is 0.587. The van der Waals surface area contributed by atoms with Crippen molar-refractivity contribution in [1.29, 1.82) is 0 Å². The molecule has 0 aliphatic rings. The Morgan fingerprint density at radius 3 is 2.80 bits per heavy atom. The molecule has 0 saturated heterocycles. The molecule has 0 radical (unpaired) electrons. The van der Waals surface area contributed by atoms with E-state index in [0.29, 0.717) is 11.5 Å². The molecule has 0 bridgehead atoms. The lowest BCUT2D eigenvalue weighted by Gasteiger charge is -2.08. The fourth-order valence-electron chi connectivity index (χ4n) is 2.08. The van der Waals surface area contributed by atoms with E-state index in [2.05, 4.69) is 10.4 Å². The van der Waals surface area contributed by atoms with E-state index < -0.39 is 11.6 Å². The Hall–Kier alpha value is -2.11. The van der Waals surface area contributed by atoms with Gasteiger partial charge in [0.15, 0.2) is 0 Å². The smallest absolute Gasteiger partial charge is 0.148 e. The van der Waals surface area contributed by atoms with Crippen LogP contribution < -0.4 is 11.1 Å². The van der Waals surface area contributed by atoms with E-state index in [-0.39, 0.29) is 12.1 Å². The van der Waals surface area contributed by atoms with E-state index in [1.54, 1.807) is 11.7 Å². The van der Waals surface area contributed by atoms with Crippen molar-refractivity contribution in [3.8, 4) is 0 Å². The fourth-order valence-corrected chi connectivity index (χ4v) is 2.08. The summed E-state index contributed by atoms with van der Waals surface area (Å²) in [6.07, 6.45) is 1.73. The number of anilines is 2. The molecule has 108 valence electrons. The number of hydrogen-bond acceptors (Lipinski definition) is 3. The van der Waals surface area contributed by atoms with Crippen molar-refractivity contribution in [2.24, 2.45) is 7.05 Å². The summed E-state index contributed by atoms with van der Waals surface area (Å²) in [6, 6.07) is 3.37. The van der Waals surface area contributed by atoms with Crippen molar-refractivity contribution in [1.82, 2.24) is 9.78 Å². The highest BCUT2D eigenvalue weighted by Crippen LogP contribution is 2.24. The molecule has 1 aromatic heterocycles. The van der Waals surface area contributed by atoms with Crippen LogP contribution in [0.3, 0.4) is 0 Å². The topological polar surface area (TPSA) is 55.9 Å². The molecule has 6 heteroatoms. The molecule has 0 unspecified atom stereocenters. The van der Waals surface area contributed by atoms with Crippen LogP contribution in [0.15, 0.2) is 18.2 Å². The third-order valence-electron chi connectivity index (χ3n) is 3.10. The van der Waals surface area contributed by atoms with Crippen molar-refractivity contribution in [2.45, 2.75) is 26.3 Å². The number of aromatic nitrogens is 2. The van der Waals surface area contributed by atoms with Crippen LogP contribution in [0.5, 0.6) is 0 Å². The third-order valence-corrected chi connectivity index (χ3v) is 3.10. The first kappa shape index (κ1) is 14.3. The van der Waals surface area contributed by atoms with Crippen molar-refractivity contribution < 1.29 is 8.78 Å². The molecule has 2 aromatic rings. The number of halogens is 2. The second kappa shape index (κ2) is 5.90. The van der Waals surface area contributed by atoms with Crippen LogP contribution >= 0.6 is 0 Å². The zero-order valence-electron chi connectivity index (χ0n) is 11.6. The number of hydrogen-bond donors (Lipinski definition) is 2. The van der Waals surface area contributed by atoms with Gasteiger partial charge in [0.05, 0.1) is 11.4 Å². The molecule has 0 atom stereocenters. The molecular weight excluding hydrogens is 262 g/mol. The van der Waals surface area contributed by atoms with Gasteiger partial charge in [-0.25, -0.2) is 8.78 Å². The average Bonchev–Trinajstić information content (AvgIpc) is 2.67. The first-order valence-electron chi connectivity index (χ1n) is 6.52. The fraction of sp³-hybridized carbons (Fsp3) is 0.357. The van der Waals surface area contributed by atoms with E-state index in [9.17, 15) is 8.78 Å². The molecule has 3 N–H and O–H groups in total. The Balaban J connectivity index is 2.16. The van der Waals surface area contributed by atoms with Gasteiger partial charge in [-0.2, -0.15) is 5.10 Å². The quantitative estimate of drug-likeness (QED) is 0.885. The SMILES string of the molecule is CCCc1nn(C)c(NCc2cc(F)ccc2F)c1N. The van der Waals surface area contributed by atoms with Gasteiger partial charge in [-0.15, -0.1) is 0 Å². The Bertz CT molecular complexity index is 607. The van der Waals surface area contributed by atoms with Gasteiger partial charge < -0.3 is 11.1 Å². The van der Waals surface area contributed by atoms with Gasteiger partial charge in [-0.05, 0) is 24.6 Å². The number of benzene rings is 1. The summed E-state index contributed by atoms with van der Waals surface area (Å²) in [6.45, 7) is 2.20. The minimum Gasteiger partial charge on any atom is -0.394 e. The second-order valence-corrected chi connectivity index (χ2v) is 4.67. The average molecular weight is 280 g/mol. The van der Waals surface area contributed by atoms with Gasteiger partial charge in [0.1, 0.15) is 17.5 Å². The number of rotatable bonds is 5. The number of nitrogens with two attached hydrogens (primary N) is 1. The van der Waals surface area contributed by atoms with Gasteiger partial charge in [-0.1, -0.05) is 13.3 Å².